The molecule has 0 unspecified atom stereocenters. The number of esters is 1. The highest BCUT2D eigenvalue weighted by Crippen LogP contribution is 2.27. The van der Waals surface area contributed by atoms with Crippen LogP contribution >= 0.6 is 0 Å². The van der Waals surface area contributed by atoms with Crippen LogP contribution in [0.3, 0.4) is 0 Å². The molecule has 2 rings (SSSR count). The van der Waals surface area contributed by atoms with E-state index in [1.165, 1.54) is 31.4 Å². The summed E-state index contributed by atoms with van der Waals surface area (Å²) in [5, 5.41) is 0. The monoisotopic (exact) mass is 361 g/mol. The normalized spacial score (nSPS) is 11.9. The van der Waals surface area contributed by atoms with Crippen LogP contribution in [-0.2, 0) is 20.2 Å². The third-order valence-electron chi connectivity index (χ3n) is 3.90. The fraction of sp³-hybridized carbons (Fsp3) is 0.316. The molecule has 0 saturated heterocycles. The minimum Gasteiger partial charge on any atom is -0.465 e. The van der Waals surface area contributed by atoms with Crippen LogP contribution in [0.5, 0.6) is 0 Å². The van der Waals surface area contributed by atoms with Crippen LogP contribution in [0.25, 0.3) is 0 Å². The predicted molar refractivity (Wildman–Crippen MR) is 98.5 cm³/mol. The van der Waals surface area contributed by atoms with E-state index in [1.54, 1.807) is 13.0 Å². The lowest BCUT2D eigenvalue weighted by molar-refractivity contribution is 0.0601. The minimum atomic E-state index is -3.73. The summed E-state index contributed by atoms with van der Waals surface area (Å²) in [6, 6.07) is 11.6. The van der Waals surface area contributed by atoms with Crippen molar-refractivity contribution in [2.45, 2.75) is 38.0 Å². The first-order valence-electron chi connectivity index (χ1n) is 7.87. The highest BCUT2D eigenvalue weighted by molar-refractivity contribution is 7.92. The van der Waals surface area contributed by atoms with E-state index in [0.29, 0.717) is 16.8 Å². The van der Waals surface area contributed by atoms with Gasteiger partial charge < -0.3 is 4.74 Å². The summed E-state index contributed by atoms with van der Waals surface area (Å²) in [4.78, 5) is 11.7. The smallest absolute Gasteiger partial charge is 0.337 e. The zero-order valence-electron chi connectivity index (χ0n) is 15.1. The molecule has 134 valence electrons. The molecule has 6 heteroatoms. The lowest BCUT2D eigenvalue weighted by Gasteiger charge is -2.21. The van der Waals surface area contributed by atoms with Crippen molar-refractivity contribution in [2.24, 2.45) is 0 Å². The first-order valence-corrected chi connectivity index (χ1v) is 9.35. The van der Waals surface area contributed by atoms with Crippen LogP contribution in [0.2, 0.25) is 0 Å². The molecule has 2 aromatic carbocycles. The van der Waals surface area contributed by atoms with E-state index < -0.39 is 16.0 Å². The predicted octanol–water partition coefficient (Wildman–Crippen LogP) is 3.88. The number of sulfonamides is 1. The molecule has 5 nitrogen and oxygen atoms in total. The molecule has 0 atom stereocenters. The molecule has 0 aliphatic rings. The molecular weight excluding hydrogens is 338 g/mol. The first kappa shape index (κ1) is 19.0. The van der Waals surface area contributed by atoms with Crippen molar-refractivity contribution in [3.8, 4) is 0 Å². The summed E-state index contributed by atoms with van der Waals surface area (Å²) in [5.74, 6) is -0.469. The Bertz CT molecular complexity index is 879. The van der Waals surface area contributed by atoms with Gasteiger partial charge in [-0.05, 0) is 53.8 Å². The van der Waals surface area contributed by atoms with Crippen LogP contribution < -0.4 is 4.72 Å². The summed E-state index contributed by atoms with van der Waals surface area (Å²) in [7, 11) is -2.44. The summed E-state index contributed by atoms with van der Waals surface area (Å²) in [5.41, 5.74) is 2.20. The van der Waals surface area contributed by atoms with Crippen LogP contribution in [0.15, 0.2) is 47.4 Å². The Labute approximate surface area is 149 Å². The Balaban J connectivity index is 2.35. The molecule has 0 aliphatic carbocycles. The maximum atomic E-state index is 12.8. The molecule has 0 aromatic heterocycles. The van der Waals surface area contributed by atoms with Crippen molar-refractivity contribution < 1.29 is 17.9 Å². The van der Waals surface area contributed by atoms with Gasteiger partial charge in [0.1, 0.15) is 0 Å². The number of ether oxygens (including phenoxy) is 1. The maximum absolute atomic E-state index is 12.8. The van der Waals surface area contributed by atoms with Gasteiger partial charge in [-0.3, -0.25) is 4.72 Å². The molecule has 25 heavy (non-hydrogen) atoms. The van der Waals surface area contributed by atoms with Gasteiger partial charge in [0.25, 0.3) is 10.0 Å². The Kier molecular flexibility index (Phi) is 5.23. The van der Waals surface area contributed by atoms with E-state index in [-0.39, 0.29) is 10.3 Å². The molecule has 0 radical (unpaired) electrons. The van der Waals surface area contributed by atoms with Crippen LogP contribution in [0.1, 0.15) is 42.3 Å². The number of benzene rings is 2. The second-order valence-corrected chi connectivity index (χ2v) is 8.56. The third-order valence-corrected chi connectivity index (χ3v) is 5.43. The van der Waals surface area contributed by atoms with Gasteiger partial charge in [-0.25, -0.2) is 13.2 Å². The van der Waals surface area contributed by atoms with Gasteiger partial charge in [-0.2, -0.15) is 0 Å². The summed E-state index contributed by atoms with van der Waals surface area (Å²) < 4.78 is 32.7. The van der Waals surface area contributed by atoms with E-state index in [2.05, 4.69) is 9.46 Å². The van der Waals surface area contributed by atoms with E-state index in [1.807, 2.05) is 32.9 Å². The largest absolute Gasteiger partial charge is 0.465 e. The Morgan fingerprint density at radius 2 is 1.64 bits per heavy atom. The van der Waals surface area contributed by atoms with Crippen molar-refractivity contribution in [1.29, 1.82) is 0 Å². The van der Waals surface area contributed by atoms with Gasteiger partial charge in [0.2, 0.25) is 0 Å². The molecule has 2 aromatic rings. The summed E-state index contributed by atoms with van der Waals surface area (Å²) in [6.07, 6.45) is 0. The number of methoxy groups -OCH3 is 1. The van der Waals surface area contributed by atoms with Crippen LogP contribution in [-0.4, -0.2) is 21.5 Å². The van der Waals surface area contributed by atoms with Gasteiger partial charge in [-0.15, -0.1) is 0 Å². The molecule has 0 spiro atoms. The first-order chi connectivity index (χ1) is 11.5. The number of aryl methyl sites for hydroxylation is 1. The van der Waals surface area contributed by atoms with Gasteiger partial charge in [0.05, 0.1) is 17.6 Å². The van der Waals surface area contributed by atoms with Crippen molar-refractivity contribution >= 4 is 21.7 Å². The van der Waals surface area contributed by atoms with Crippen molar-refractivity contribution in [2.75, 3.05) is 11.8 Å². The van der Waals surface area contributed by atoms with Crippen molar-refractivity contribution in [1.82, 2.24) is 0 Å². The minimum absolute atomic E-state index is 0.153. The molecule has 0 heterocycles. The lowest BCUT2D eigenvalue weighted by Crippen LogP contribution is -2.17. The molecule has 0 bridgehead atoms. The fourth-order valence-corrected chi connectivity index (χ4v) is 3.69. The average molecular weight is 361 g/mol. The van der Waals surface area contributed by atoms with Gasteiger partial charge >= 0.3 is 5.97 Å². The second-order valence-electron chi connectivity index (χ2n) is 6.90. The van der Waals surface area contributed by atoms with Crippen LogP contribution in [0.4, 0.5) is 5.69 Å². The highest BCUT2D eigenvalue weighted by Gasteiger charge is 2.21. The SMILES string of the molecule is COC(=O)c1ccc(NS(=O)(=O)c2cc(C(C)(C)C)ccc2C)cc1. The Hall–Kier alpha value is -2.34. The molecule has 0 saturated carbocycles. The molecule has 0 aliphatic heterocycles. The molecule has 0 fully saturated rings. The number of anilines is 1. The topological polar surface area (TPSA) is 72.5 Å². The van der Waals surface area contributed by atoms with Gasteiger partial charge in [-0.1, -0.05) is 32.9 Å². The standard InChI is InChI=1S/C19H23NO4S/c1-13-6-9-15(19(2,3)4)12-17(13)25(22,23)20-16-10-7-14(8-11-16)18(21)24-5/h6-12,20H,1-5H3. The number of nitrogens with one attached hydrogen (secondary N) is 1. The van der Waals surface area contributed by atoms with E-state index in [4.69, 9.17) is 0 Å². The fourth-order valence-electron chi connectivity index (χ4n) is 2.36. The van der Waals surface area contributed by atoms with Crippen molar-refractivity contribution in [3.63, 3.8) is 0 Å². The summed E-state index contributed by atoms with van der Waals surface area (Å²) >= 11 is 0. The van der Waals surface area contributed by atoms with Crippen molar-refractivity contribution in [3.05, 3.63) is 59.2 Å². The zero-order valence-corrected chi connectivity index (χ0v) is 15.9. The van der Waals surface area contributed by atoms with Gasteiger partial charge in [0, 0.05) is 5.69 Å². The van der Waals surface area contributed by atoms with Gasteiger partial charge in [0.15, 0.2) is 0 Å². The van der Waals surface area contributed by atoms with E-state index in [9.17, 15) is 13.2 Å². The quantitative estimate of drug-likeness (QED) is 0.839. The van der Waals surface area contributed by atoms with E-state index >= 15 is 0 Å². The Morgan fingerprint density at radius 1 is 1.04 bits per heavy atom. The number of hydrogen-bond acceptors (Lipinski definition) is 4. The van der Waals surface area contributed by atoms with Crippen LogP contribution in [0, 0.1) is 6.92 Å². The summed E-state index contributed by atoms with van der Waals surface area (Å²) in [6.45, 7) is 7.87. The number of carbonyl (C=O) groups is 1. The number of rotatable bonds is 4. The molecule has 1 N–H and O–H groups in total. The molecule has 0 amide bonds. The number of carbonyl (C=O) groups excluding carboxylic acids is 1. The maximum Gasteiger partial charge on any atom is 0.337 e. The Morgan fingerprint density at radius 3 is 2.16 bits per heavy atom. The average Bonchev–Trinajstić information content (AvgIpc) is 2.53. The highest BCUT2D eigenvalue weighted by atomic mass is 32.2. The zero-order chi connectivity index (χ0) is 18.8. The third kappa shape index (κ3) is 4.39. The lowest BCUT2D eigenvalue weighted by atomic mass is 9.87. The number of hydrogen-bond donors (Lipinski definition) is 1. The van der Waals surface area contributed by atoms with E-state index in [0.717, 1.165) is 5.56 Å². The molecular formula is C19H23NO4S. The second kappa shape index (κ2) is 6.88.